The lowest BCUT2D eigenvalue weighted by Gasteiger charge is -2.18. The second-order valence-electron chi connectivity index (χ2n) is 5.56. The van der Waals surface area contributed by atoms with Crippen LogP contribution in [0.25, 0.3) is 0 Å². The zero-order valence-corrected chi connectivity index (χ0v) is 15.1. The Bertz CT molecular complexity index is 885. The molecule has 0 saturated carbocycles. The molecule has 3 aromatic rings. The SMILES string of the molecule is O=C(CN[C@@H](c1ccc(F)cc1)c1cccs1)Nc1ccc(F)c(Cl)c1. The van der Waals surface area contributed by atoms with Gasteiger partial charge in [-0.2, -0.15) is 0 Å². The monoisotopic (exact) mass is 392 g/mol. The number of rotatable bonds is 6. The Morgan fingerprint density at radius 3 is 2.54 bits per heavy atom. The fraction of sp³-hybridized carbons (Fsp3) is 0.105. The zero-order chi connectivity index (χ0) is 18.5. The number of amides is 1. The predicted octanol–water partition coefficient (Wildman–Crippen LogP) is 5.00. The molecule has 0 unspecified atom stereocenters. The van der Waals surface area contributed by atoms with Crippen LogP contribution >= 0.6 is 22.9 Å². The summed E-state index contributed by atoms with van der Waals surface area (Å²) in [4.78, 5) is 13.2. The number of hydrogen-bond acceptors (Lipinski definition) is 3. The number of anilines is 1. The average Bonchev–Trinajstić information content (AvgIpc) is 3.14. The molecule has 1 atom stereocenters. The fourth-order valence-electron chi connectivity index (χ4n) is 2.47. The molecule has 0 aliphatic rings. The molecule has 0 saturated heterocycles. The van der Waals surface area contributed by atoms with E-state index in [2.05, 4.69) is 10.6 Å². The van der Waals surface area contributed by atoms with Crippen LogP contribution in [0.5, 0.6) is 0 Å². The Balaban J connectivity index is 1.68. The highest BCUT2D eigenvalue weighted by atomic mass is 35.5. The highest BCUT2D eigenvalue weighted by molar-refractivity contribution is 7.10. The first-order valence-corrected chi connectivity index (χ1v) is 9.06. The van der Waals surface area contributed by atoms with Crippen LogP contribution in [-0.2, 0) is 4.79 Å². The van der Waals surface area contributed by atoms with Crippen LogP contribution in [0.2, 0.25) is 5.02 Å². The van der Waals surface area contributed by atoms with Gasteiger partial charge >= 0.3 is 0 Å². The number of benzene rings is 2. The van der Waals surface area contributed by atoms with Crippen LogP contribution in [0.4, 0.5) is 14.5 Å². The molecule has 3 nitrogen and oxygen atoms in total. The minimum atomic E-state index is -0.545. The number of carbonyl (C=O) groups is 1. The van der Waals surface area contributed by atoms with Gasteiger partial charge in [0.05, 0.1) is 17.6 Å². The minimum absolute atomic E-state index is 0.0228. The lowest BCUT2D eigenvalue weighted by atomic mass is 10.1. The summed E-state index contributed by atoms with van der Waals surface area (Å²) >= 11 is 7.26. The largest absolute Gasteiger partial charge is 0.325 e. The van der Waals surface area contributed by atoms with Gasteiger partial charge in [0.2, 0.25) is 5.91 Å². The molecule has 3 rings (SSSR count). The summed E-state index contributed by atoms with van der Waals surface area (Å²) in [6.45, 7) is 0.0228. The van der Waals surface area contributed by atoms with E-state index in [0.29, 0.717) is 5.69 Å². The van der Waals surface area contributed by atoms with Crippen molar-refractivity contribution in [2.24, 2.45) is 0 Å². The molecule has 2 N–H and O–H groups in total. The smallest absolute Gasteiger partial charge is 0.238 e. The Morgan fingerprint density at radius 1 is 1.12 bits per heavy atom. The quantitative estimate of drug-likeness (QED) is 0.620. The average molecular weight is 393 g/mol. The summed E-state index contributed by atoms with van der Waals surface area (Å²) in [6, 6.07) is 13.8. The van der Waals surface area contributed by atoms with Crippen LogP contribution in [0.1, 0.15) is 16.5 Å². The summed E-state index contributed by atoms with van der Waals surface area (Å²) in [5.41, 5.74) is 1.27. The standard InChI is InChI=1S/C19H15ClF2N2OS/c20-15-10-14(7-8-16(15)22)24-18(25)11-23-19(17-2-1-9-26-17)12-3-5-13(21)6-4-12/h1-10,19,23H,11H2,(H,24,25)/t19-/m0/s1. The molecule has 1 aromatic heterocycles. The molecule has 0 spiro atoms. The van der Waals surface area contributed by atoms with Crippen molar-refractivity contribution in [3.05, 3.63) is 87.1 Å². The maximum Gasteiger partial charge on any atom is 0.238 e. The van der Waals surface area contributed by atoms with Crippen LogP contribution < -0.4 is 10.6 Å². The van der Waals surface area contributed by atoms with Crippen molar-refractivity contribution in [3.8, 4) is 0 Å². The van der Waals surface area contributed by atoms with Gasteiger partial charge in [-0.05, 0) is 47.3 Å². The van der Waals surface area contributed by atoms with E-state index in [0.717, 1.165) is 10.4 Å². The Hall–Kier alpha value is -2.28. The Morgan fingerprint density at radius 2 is 1.88 bits per heavy atom. The van der Waals surface area contributed by atoms with Gasteiger partial charge in [0, 0.05) is 10.6 Å². The molecule has 1 heterocycles. The molecular weight excluding hydrogens is 378 g/mol. The molecule has 0 bridgehead atoms. The molecule has 134 valence electrons. The van der Waals surface area contributed by atoms with E-state index in [9.17, 15) is 13.6 Å². The molecule has 2 aromatic carbocycles. The first-order valence-electron chi connectivity index (χ1n) is 7.80. The van der Waals surface area contributed by atoms with Crippen molar-refractivity contribution in [3.63, 3.8) is 0 Å². The number of halogens is 3. The van der Waals surface area contributed by atoms with Crippen molar-refractivity contribution in [1.29, 1.82) is 0 Å². The molecular formula is C19H15ClF2N2OS. The second kappa shape index (κ2) is 8.40. The van der Waals surface area contributed by atoms with E-state index in [-0.39, 0.29) is 29.3 Å². The zero-order valence-electron chi connectivity index (χ0n) is 13.5. The molecule has 0 radical (unpaired) electrons. The van der Waals surface area contributed by atoms with E-state index in [4.69, 9.17) is 11.6 Å². The number of carbonyl (C=O) groups excluding carboxylic acids is 1. The van der Waals surface area contributed by atoms with Gasteiger partial charge in [0.1, 0.15) is 11.6 Å². The van der Waals surface area contributed by atoms with E-state index in [1.807, 2.05) is 17.5 Å². The van der Waals surface area contributed by atoms with Crippen molar-refractivity contribution in [2.75, 3.05) is 11.9 Å². The third kappa shape index (κ3) is 4.66. The summed E-state index contributed by atoms with van der Waals surface area (Å²) < 4.78 is 26.4. The van der Waals surface area contributed by atoms with Crippen molar-refractivity contribution in [2.45, 2.75) is 6.04 Å². The van der Waals surface area contributed by atoms with Gasteiger partial charge in [-0.3, -0.25) is 10.1 Å². The van der Waals surface area contributed by atoms with Crippen molar-refractivity contribution >= 4 is 34.5 Å². The Kier molecular flexibility index (Phi) is 5.98. The van der Waals surface area contributed by atoms with Gasteiger partial charge in [0.15, 0.2) is 0 Å². The highest BCUT2D eigenvalue weighted by Gasteiger charge is 2.16. The van der Waals surface area contributed by atoms with Gasteiger partial charge in [0.25, 0.3) is 0 Å². The van der Waals surface area contributed by atoms with Gasteiger partial charge < -0.3 is 5.32 Å². The highest BCUT2D eigenvalue weighted by Crippen LogP contribution is 2.26. The van der Waals surface area contributed by atoms with Crippen LogP contribution in [-0.4, -0.2) is 12.5 Å². The third-order valence-corrected chi connectivity index (χ3v) is 4.93. The van der Waals surface area contributed by atoms with Gasteiger partial charge in [-0.15, -0.1) is 11.3 Å². The minimum Gasteiger partial charge on any atom is -0.325 e. The lowest BCUT2D eigenvalue weighted by molar-refractivity contribution is -0.115. The molecule has 0 fully saturated rings. The van der Waals surface area contributed by atoms with Crippen molar-refractivity contribution in [1.82, 2.24) is 5.32 Å². The molecule has 26 heavy (non-hydrogen) atoms. The van der Waals surface area contributed by atoms with E-state index < -0.39 is 5.82 Å². The first-order chi connectivity index (χ1) is 12.5. The van der Waals surface area contributed by atoms with E-state index >= 15 is 0 Å². The second-order valence-corrected chi connectivity index (χ2v) is 6.94. The predicted molar refractivity (Wildman–Crippen MR) is 101 cm³/mol. The summed E-state index contributed by atoms with van der Waals surface area (Å²) in [5, 5.41) is 7.72. The normalized spacial score (nSPS) is 12.0. The molecule has 1 amide bonds. The fourth-order valence-corrected chi connectivity index (χ4v) is 3.47. The van der Waals surface area contributed by atoms with Gasteiger partial charge in [-0.1, -0.05) is 29.8 Å². The number of thiophene rings is 1. The number of nitrogens with one attached hydrogen (secondary N) is 2. The van der Waals surface area contributed by atoms with Crippen LogP contribution in [0, 0.1) is 11.6 Å². The molecule has 0 aliphatic heterocycles. The van der Waals surface area contributed by atoms with Crippen molar-refractivity contribution < 1.29 is 13.6 Å². The lowest BCUT2D eigenvalue weighted by Crippen LogP contribution is -2.31. The molecule has 7 heteroatoms. The van der Waals surface area contributed by atoms with E-state index in [1.165, 1.54) is 30.3 Å². The van der Waals surface area contributed by atoms with E-state index in [1.54, 1.807) is 23.5 Å². The summed E-state index contributed by atoms with van der Waals surface area (Å²) in [7, 11) is 0. The first kappa shape index (κ1) is 18.5. The molecule has 0 aliphatic carbocycles. The number of hydrogen-bond donors (Lipinski definition) is 2. The Labute approximate surface area is 158 Å². The summed E-state index contributed by atoms with van der Waals surface area (Å²) in [5.74, 6) is -1.15. The van der Waals surface area contributed by atoms with Crippen LogP contribution in [0.3, 0.4) is 0 Å². The van der Waals surface area contributed by atoms with Gasteiger partial charge in [-0.25, -0.2) is 8.78 Å². The summed E-state index contributed by atoms with van der Waals surface area (Å²) in [6.07, 6.45) is 0. The topological polar surface area (TPSA) is 41.1 Å². The maximum absolute atomic E-state index is 13.2. The third-order valence-electron chi connectivity index (χ3n) is 3.70. The van der Waals surface area contributed by atoms with Crippen LogP contribution in [0.15, 0.2) is 60.0 Å². The maximum atomic E-state index is 13.2.